The van der Waals surface area contributed by atoms with Crippen LogP contribution in [0.15, 0.2) is 59.7 Å². The van der Waals surface area contributed by atoms with E-state index in [4.69, 9.17) is 0 Å². The minimum absolute atomic E-state index is 0. The standard InChI is InChI=1S/C33H46N2.2C4H9.Ni/c1-5-9-13-17-31-30(16-12-8-4)32(28-22-18-26(19-23-28)14-10-6-2)35(34)33(31)29-24-20-27(21-25-29)15-11-7-3;2*1-3-4-2;/h18-25H,5-17H2,1-4H3;2*1,3-4H2,2H3;/q;2*-1;+2. The third-order valence-electron chi connectivity index (χ3n) is 7.97. The van der Waals surface area contributed by atoms with E-state index in [0.29, 0.717) is 0 Å². The maximum absolute atomic E-state index is 11.7. The van der Waals surface area contributed by atoms with Crippen LogP contribution in [0.5, 0.6) is 0 Å². The van der Waals surface area contributed by atoms with Crippen molar-refractivity contribution in [2.24, 2.45) is 0 Å². The van der Waals surface area contributed by atoms with E-state index < -0.39 is 0 Å². The molecular formula is C41H64N2Ni. The Morgan fingerprint density at radius 3 is 1.11 bits per heavy atom. The molecule has 2 aromatic rings. The van der Waals surface area contributed by atoms with E-state index in [1.807, 2.05) is 0 Å². The second kappa shape index (κ2) is 26.3. The fourth-order valence-electron chi connectivity index (χ4n) is 5.11. The quantitative estimate of drug-likeness (QED) is 0.0709. The Morgan fingerprint density at radius 2 is 0.795 bits per heavy atom. The van der Waals surface area contributed by atoms with Crippen molar-refractivity contribution in [1.82, 2.24) is 0 Å². The molecule has 0 saturated heterocycles. The van der Waals surface area contributed by atoms with E-state index in [1.54, 1.807) is 0 Å². The number of unbranched alkanes of at least 4 members (excludes halogenated alkanes) is 7. The van der Waals surface area contributed by atoms with Crippen molar-refractivity contribution in [2.75, 3.05) is 0 Å². The van der Waals surface area contributed by atoms with Crippen molar-refractivity contribution >= 4 is 11.4 Å². The molecule has 1 aliphatic heterocycles. The zero-order valence-electron chi connectivity index (χ0n) is 29.3. The molecule has 0 aliphatic carbocycles. The Balaban J connectivity index is 0.00000183. The van der Waals surface area contributed by atoms with Gasteiger partial charge in [0, 0.05) is 22.3 Å². The van der Waals surface area contributed by atoms with Gasteiger partial charge < -0.3 is 19.4 Å². The van der Waals surface area contributed by atoms with Crippen molar-refractivity contribution < 1.29 is 21.2 Å². The summed E-state index contributed by atoms with van der Waals surface area (Å²) >= 11 is 0. The summed E-state index contributed by atoms with van der Waals surface area (Å²) in [4.78, 5) is 0. The molecule has 44 heavy (non-hydrogen) atoms. The van der Waals surface area contributed by atoms with Crippen LogP contribution in [0, 0.1) is 13.8 Å². The summed E-state index contributed by atoms with van der Waals surface area (Å²) in [5, 5.41) is 0. The summed E-state index contributed by atoms with van der Waals surface area (Å²) in [5.74, 6) is 0. The van der Waals surface area contributed by atoms with Gasteiger partial charge in [-0.1, -0.05) is 111 Å². The van der Waals surface area contributed by atoms with Gasteiger partial charge in [-0.25, -0.2) is 4.70 Å². The third kappa shape index (κ3) is 14.4. The Hall–Kier alpha value is -1.99. The molecule has 0 radical (unpaired) electrons. The maximum Gasteiger partial charge on any atom is 2.00 e. The summed E-state index contributed by atoms with van der Waals surface area (Å²) in [7, 11) is 0. The van der Waals surface area contributed by atoms with Crippen molar-refractivity contribution in [3.63, 3.8) is 0 Å². The van der Waals surface area contributed by atoms with Crippen LogP contribution in [0.4, 0.5) is 0 Å². The molecule has 0 bridgehead atoms. The van der Waals surface area contributed by atoms with Crippen LogP contribution in [0.3, 0.4) is 0 Å². The molecular weight excluding hydrogens is 579 g/mol. The van der Waals surface area contributed by atoms with Gasteiger partial charge in [0.1, 0.15) is 0 Å². The molecule has 0 N–H and O–H groups in total. The molecule has 248 valence electrons. The monoisotopic (exact) mass is 642 g/mol. The van der Waals surface area contributed by atoms with Crippen molar-refractivity contribution in [3.8, 4) is 0 Å². The van der Waals surface area contributed by atoms with E-state index in [1.165, 1.54) is 78.3 Å². The van der Waals surface area contributed by atoms with Gasteiger partial charge in [0.2, 0.25) is 11.4 Å². The van der Waals surface area contributed by atoms with Gasteiger partial charge in [-0.05, 0) is 86.8 Å². The van der Waals surface area contributed by atoms with Crippen LogP contribution in [0.2, 0.25) is 0 Å². The summed E-state index contributed by atoms with van der Waals surface area (Å²) in [6, 6.07) is 17.9. The molecule has 3 rings (SSSR count). The first-order valence-corrected chi connectivity index (χ1v) is 17.7. The fourth-order valence-corrected chi connectivity index (χ4v) is 5.11. The topological polar surface area (TPSA) is 25.3 Å². The average Bonchev–Trinajstić information content (AvgIpc) is 3.32. The first-order valence-electron chi connectivity index (χ1n) is 17.7. The molecule has 0 atom stereocenters. The number of hydrogen-bond acceptors (Lipinski definition) is 0. The number of benzene rings is 2. The van der Waals surface area contributed by atoms with E-state index in [-0.39, 0.29) is 16.5 Å². The number of aryl methyl sites for hydroxylation is 2. The molecule has 0 saturated carbocycles. The van der Waals surface area contributed by atoms with E-state index in [9.17, 15) is 5.53 Å². The van der Waals surface area contributed by atoms with Gasteiger partial charge in [0.05, 0.1) is 0 Å². The summed E-state index contributed by atoms with van der Waals surface area (Å²) < 4.78 is 1.52. The van der Waals surface area contributed by atoms with Gasteiger partial charge in [-0.3, -0.25) is 0 Å². The minimum Gasteiger partial charge on any atom is -0.493 e. The molecule has 0 spiro atoms. The average molecular weight is 644 g/mol. The van der Waals surface area contributed by atoms with Crippen molar-refractivity contribution in [2.45, 2.75) is 151 Å². The van der Waals surface area contributed by atoms with Crippen LogP contribution >= 0.6 is 0 Å². The number of nitrogens with zero attached hydrogens (tertiary/aromatic N) is 2. The summed E-state index contributed by atoms with van der Waals surface area (Å²) in [5.41, 5.74) is 21.4. The number of rotatable bonds is 17. The smallest absolute Gasteiger partial charge is 0.493 e. The molecule has 0 aromatic heterocycles. The first kappa shape index (κ1) is 42.0. The largest absolute Gasteiger partial charge is 2.00 e. The predicted molar refractivity (Wildman–Crippen MR) is 192 cm³/mol. The molecule has 3 heteroatoms. The number of allylic oxidation sites excluding steroid dienone is 2. The maximum atomic E-state index is 11.7. The number of hydrogen-bond donors (Lipinski definition) is 0. The summed E-state index contributed by atoms with van der Waals surface area (Å²) in [6.45, 7) is 20.4. The molecule has 2 nitrogen and oxygen atoms in total. The first-order chi connectivity index (χ1) is 21.0. The van der Waals surface area contributed by atoms with Gasteiger partial charge >= 0.3 is 16.5 Å². The summed E-state index contributed by atoms with van der Waals surface area (Å²) in [6.07, 6.45) is 19.6. The Kier molecular flexibility index (Phi) is 25.1. The van der Waals surface area contributed by atoms with Crippen LogP contribution in [0.1, 0.15) is 160 Å². The third-order valence-corrected chi connectivity index (χ3v) is 7.97. The van der Waals surface area contributed by atoms with Gasteiger partial charge in [-0.2, -0.15) is 12.8 Å². The molecule has 0 fully saturated rings. The molecule has 1 heterocycles. The van der Waals surface area contributed by atoms with Crippen molar-refractivity contribution in [3.05, 3.63) is 101 Å². The normalized spacial score (nSPS) is 12.4. The Bertz CT molecular complexity index is 1070. The second-order valence-corrected chi connectivity index (χ2v) is 11.8. The Labute approximate surface area is 283 Å². The molecule has 0 amide bonds. The minimum atomic E-state index is 0. The van der Waals surface area contributed by atoms with Gasteiger partial charge in [0.25, 0.3) is 0 Å². The van der Waals surface area contributed by atoms with Crippen LogP contribution in [-0.4, -0.2) is 4.70 Å². The predicted octanol–water partition coefficient (Wildman–Crippen LogP) is 13.6. The molecule has 0 unspecified atom stereocenters. The van der Waals surface area contributed by atoms with Crippen LogP contribution in [0.25, 0.3) is 16.9 Å². The van der Waals surface area contributed by atoms with E-state index in [2.05, 4.69) is 104 Å². The molecule has 2 aromatic carbocycles. The van der Waals surface area contributed by atoms with Crippen LogP contribution in [-0.2, 0) is 29.3 Å². The SMILES string of the molecule is CCCCCC1=C(c2ccc(CCCC)cc2)[N+](=[N-])C(c2ccc(CCCC)cc2)=C1CCCC.[CH2-]CCC.[CH2-]CCC.[Ni+2]. The van der Waals surface area contributed by atoms with E-state index in [0.717, 1.165) is 80.3 Å². The Morgan fingerprint density at radius 1 is 0.477 bits per heavy atom. The van der Waals surface area contributed by atoms with Crippen LogP contribution < -0.4 is 0 Å². The fraction of sp³-hybridized carbons (Fsp3) is 0.561. The van der Waals surface area contributed by atoms with Gasteiger partial charge in [-0.15, -0.1) is 0 Å². The zero-order valence-corrected chi connectivity index (χ0v) is 30.3. The zero-order chi connectivity index (χ0) is 31.9. The second-order valence-electron chi connectivity index (χ2n) is 11.8. The van der Waals surface area contributed by atoms with Crippen molar-refractivity contribution in [1.29, 1.82) is 0 Å². The van der Waals surface area contributed by atoms with E-state index >= 15 is 0 Å². The molecule has 1 aliphatic rings. The van der Waals surface area contributed by atoms with Gasteiger partial charge in [0.15, 0.2) is 0 Å².